The zero-order valence-corrected chi connectivity index (χ0v) is 10.1. The van der Waals surface area contributed by atoms with Gasteiger partial charge in [0.2, 0.25) is 0 Å². The van der Waals surface area contributed by atoms with E-state index in [1.165, 1.54) is 10.9 Å². The molecule has 0 saturated heterocycles. The fourth-order valence-corrected chi connectivity index (χ4v) is 2.43. The van der Waals surface area contributed by atoms with Crippen molar-refractivity contribution in [2.75, 3.05) is 0 Å². The van der Waals surface area contributed by atoms with Crippen molar-refractivity contribution in [2.45, 2.75) is 5.33 Å². The number of rotatable bonds is 1. The molecule has 0 aliphatic rings. The third-order valence-corrected chi connectivity index (χ3v) is 3.29. The van der Waals surface area contributed by atoms with Gasteiger partial charge in [-0.25, -0.2) is 0 Å². The van der Waals surface area contributed by atoms with Gasteiger partial charge in [-0.3, -0.25) is 9.97 Å². The first kappa shape index (κ1) is 9.73. The molecule has 0 radical (unpaired) electrons. The molecule has 1 aromatic carbocycles. The molecule has 3 aromatic rings. The van der Waals surface area contributed by atoms with Crippen LogP contribution in [0.5, 0.6) is 0 Å². The van der Waals surface area contributed by atoms with E-state index in [4.69, 9.17) is 0 Å². The van der Waals surface area contributed by atoms with Crippen molar-refractivity contribution in [1.29, 1.82) is 0 Å². The summed E-state index contributed by atoms with van der Waals surface area (Å²) in [6.07, 6.45) is 3.62. The molecular weight excluding hydrogens is 264 g/mol. The van der Waals surface area contributed by atoms with Gasteiger partial charge >= 0.3 is 0 Å². The lowest BCUT2D eigenvalue weighted by Crippen LogP contribution is -1.88. The first-order chi connectivity index (χ1) is 7.90. The number of fused-ring (bicyclic) bond motifs is 3. The molecule has 2 aromatic heterocycles. The van der Waals surface area contributed by atoms with Crippen LogP contribution in [0, 0.1) is 0 Å². The molecule has 3 heteroatoms. The molecule has 0 aliphatic carbocycles. The van der Waals surface area contributed by atoms with Crippen molar-refractivity contribution in [3.05, 3.63) is 48.3 Å². The summed E-state index contributed by atoms with van der Waals surface area (Å²) < 4.78 is 0. The topological polar surface area (TPSA) is 25.8 Å². The summed E-state index contributed by atoms with van der Waals surface area (Å²) in [5, 5.41) is 3.15. The first-order valence-corrected chi connectivity index (χ1v) is 6.19. The quantitative estimate of drug-likeness (QED) is 0.499. The second-order valence-corrected chi connectivity index (χ2v) is 4.20. The molecule has 0 amide bonds. The Bertz CT molecular complexity index is 664. The maximum Gasteiger partial charge on any atom is 0.0967 e. The zero-order chi connectivity index (χ0) is 11.0. The Morgan fingerprint density at radius 2 is 1.75 bits per heavy atom. The molecule has 0 aliphatic heterocycles. The molecule has 0 N–H and O–H groups in total. The minimum Gasteiger partial charge on any atom is -0.254 e. The van der Waals surface area contributed by atoms with Crippen molar-refractivity contribution in [3.63, 3.8) is 0 Å². The Morgan fingerprint density at radius 3 is 2.56 bits per heavy atom. The third-order valence-electron chi connectivity index (χ3n) is 2.69. The van der Waals surface area contributed by atoms with Gasteiger partial charge in [0.05, 0.1) is 11.0 Å². The highest BCUT2D eigenvalue weighted by atomic mass is 79.9. The van der Waals surface area contributed by atoms with Crippen LogP contribution < -0.4 is 0 Å². The smallest absolute Gasteiger partial charge is 0.0967 e. The molecule has 0 fully saturated rings. The lowest BCUT2D eigenvalue weighted by Gasteiger charge is -2.06. The van der Waals surface area contributed by atoms with Gasteiger partial charge in [-0.1, -0.05) is 28.1 Å². The molecule has 2 heterocycles. The number of pyridine rings is 2. The lowest BCUT2D eigenvalue weighted by atomic mass is 10.1. The average Bonchev–Trinajstić information content (AvgIpc) is 2.38. The van der Waals surface area contributed by atoms with Crippen LogP contribution in [0.3, 0.4) is 0 Å². The summed E-state index contributed by atoms with van der Waals surface area (Å²) in [7, 11) is 0. The van der Waals surface area contributed by atoms with E-state index in [-0.39, 0.29) is 0 Å². The Balaban J connectivity index is 2.57. The van der Waals surface area contributed by atoms with Gasteiger partial charge in [-0.05, 0) is 23.8 Å². The van der Waals surface area contributed by atoms with Crippen LogP contribution in [0.4, 0.5) is 0 Å². The van der Waals surface area contributed by atoms with E-state index in [9.17, 15) is 0 Å². The number of hydrogen-bond acceptors (Lipinski definition) is 2. The van der Waals surface area contributed by atoms with Crippen molar-refractivity contribution >= 4 is 37.7 Å². The van der Waals surface area contributed by atoms with Crippen molar-refractivity contribution < 1.29 is 0 Å². The van der Waals surface area contributed by atoms with E-state index in [1.54, 1.807) is 0 Å². The molecule has 2 nitrogen and oxygen atoms in total. The molecule has 0 unspecified atom stereocenters. The van der Waals surface area contributed by atoms with Gasteiger partial charge in [0.25, 0.3) is 0 Å². The summed E-state index contributed by atoms with van der Waals surface area (Å²) in [5.74, 6) is 0. The number of benzene rings is 1. The third kappa shape index (κ3) is 1.39. The first-order valence-electron chi connectivity index (χ1n) is 5.07. The fourth-order valence-electron chi connectivity index (χ4n) is 1.96. The molecule has 0 saturated carbocycles. The van der Waals surface area contributed by atoms with E-state index in [0.717, 1.165) is 21.7 Å². The second-order valence-electron chi connectivity index (χ2n) is 3.64. The van der Waals surface area contributed by atoms with Crippen LogP contribution >= 0.6 is 15.9 Å². The summed E-state index contributed by atoms with van der Waals surface area (Å²) in [4.78, 5) is 8.84. The molecule has 0 bridgehead atoms. The van der Waals surface area contributed by atoms with E-state index in [1.807, 2.05) is 24.5 Å². The fraction of sp³-hybridized carbons (Fsp3) is 0.0769. The maximum atomic E-state index is 4.43. The molecule has 16 heavy (non-hydrogen) atoms. The molecule has 3 rings (SSSR count). The highest BCUT2D eigenvalue weighted by Crippen LogP contribution is 2.26. The van der Waals surface area contributed by atoms with E-state index in [2.05, 4.69) is 44.1 Å². The SMILES string of the molecule is BrCc1cc2cccnc2c2ncccc12. The average molecular weight is 273 g/mol. The van der Waals surface area contributed by atoms with Gasteiger partial charge in [0, 0.05) is 28.5 Å². The van der Waals surface area contributed by atoms with Gasteiger partial charge in [0.15, 0.2) is 0 Å². The predicted molar refractivity (Wildman–Crippen MR) is 69.7 cm³/mol. The molecular formula is C13H9BrN2. The zero-order valence-electron chi connectivity index (χ0n) is 8.52. The second kappa shape index (κ2) is 3.83. The summed E-state index contributed by atoms with van der Waals surface area (Å²) >= 11 is 3.52. The minimum absolute atomic E-state index is 0.833. The summed E-state index contributed by atoms with van der Waals surface area (Å²) in [6, 6.07) is 10.2. The lowest BCUT2D eigenvalue weighted by molar-refractivity contribution is 1.36. The Kier molecular flexibility index (Phi) is 2.33. The van der Waals surface area contributed by atoms with Crippen LogP contribution in [0.2, 0.25) is 0 Å². The van der Waals surface area contributed by atoms with Crippen LogP contribution in [0.25, 0.3) is 21.8 Å². The Labute approximate surface area is 101 Å². The van der Waals surface area contributed by atoms with E-state index >= 15 is 0 Å². The minimum atomic E-state index is 0.833. The normalized spacial score (nSPS) is 11.1. The summed E-state index contributed by atoms with van der Waals surface area (Å²) in [5.41, 5.74) is 3.21. The van der Waals surface area contributed by atoms with Gasteiger partial charge in [0.1, 0.15) is 0 Å². The maximum absolute atomic E-state index is 4.43. The standard InChI is InChI=1S/C13H9BrN2/c14-8-10-7-9-3-1-5-15-12(9)13-11(10)4-2-6-16-13/h1-7H,8H2. The van der Waals surface area contributed by atoms with Crippen LogP contribution in [-0.2, 0) is 5.33 Å². The number of hydrogen-bond donors (Lipinski definition) is 0. The van der Waals surface area contributed by atoms with Crippen LogP contribution in [0.15, 0.2) is 42.7 Å². The van der Waals surface area contributed by atoms with E-state index < -0.39 is 0 Å². The Morgan fingerprint density at radius 1 is 1.00 bits per heavy atom. The Hall–Kier alpha value is -1.48. The van der Waals surface area contributed by atoms with Gasteiger partial charge < -0.3 is 0 Å². The van der Waals surface area contributed by atoms with Gasteiger partial charge in [-0.2, -0.15) is 0 Å². The summed E-state index contributed by atoms with van der Waals surface area (Å²) in [6.45, 7) is 0. The number of alkyl halides is 1. The largest absolute Gasteiger partial charge is 0.254 e. The number of aromatic nitrogens is 2. The number of nitrogens with zero attached hydrogens (tertiary/aromatic N) is 2. The van der Waals surface area contributed by atoms with Crippen LogP contribution in [-0.4, -0.2) is 9.97 Å². The van der Waals surface area contributed by atoms with Gasteiger partial charge in [-0.15, -0.1) is 0 Å². The van der Waals surface area contributed by atoms with E-state index in [0.29, 0.717) is 0 Å². The van der Waals surface area contributed by atoms with Crippen molar-refractivity contribution in [2.24, 2.45) is 0 Å². The van der Waals surface area contributed by atoms with Crippen molar-refractivity contribution in [3.8, 4) is 0 Å². The number of halogens is 1. The van der Waals surface area contributed by atoms with Crippen molar-refractivity contribution in [1.82, 2.24) is 9.97 Å². The van der Waals surface area contributed by atoms with Crippen LogP contribution in [0.1, 0.15) is 5.56 Å². The predicted octanol–water partition coefficient (Wildman–Crippen LogP) is 3.68. The molecule has 0 atom stereocenters. The molecule has 0 spiro atoms. The highest BCUT2D eigenvalue weighted by Gasteiger charge is 2.06. The monoisotopic (exact) mass is 272 g/mol. The highest BCUT2D eigenvalue weighted by molar-refractivity contribution is 9.08. The molecule has 78 valence electrons.